The van der Waals surface area contributed by atoms with Gasteiger partial charge in [-0.05, 0) is 51.3 Å². The third kappa shape index (κ3) is 5.76. The van der Waals surface area contributed by atoms with Crippen LogP contribution in [0.2, 0.25) is 0 Å². The lowest BCUT2D eigenvalue weighted by molar-refractivity contribution is -0.896. The number of amides is 1. The average Bonchev–Trinajstić information content (AvgIpc) is 2.42. The predicted octanol–water partition coefficient (Wildman–Crippen LogP) is 1.76. The summed E-state index contributed by atoms with van der Waals surface area (Å²) in [6, 6.07) is 4.28. The summed E-state index contributed by atoms with van der Waals surface area (Å²) in [5, 5.41) is 2.84. The topological polar surface area (TPSA) is 42.8 Å². The number of carbonyl (C=O) groups excluding carboxylic acids is 1. The maximum Gasteiger partial charge on any atom is 0.407 e. The Morgan fingerprint density at radius 1 is 1.14 bits per heavy atom. The number of hydrogen-bond acceptors (Lipinski definition) is 2. The van der Waals surface area contributed by atoms with Crippen molar-refractivity contribution in [3.63, 3.8) is 0 Å². The fourth-order valence-corrected chi connectivity index (χ4v) is 2.59. The van der Waals surface area contributed by atoms with Crippen LogP contribution in [0.25, 0.3) is 0 Å². The fraction of sp³-hybridized carbons (Fsp3) is 0.588. The molecule has 0 radical (unpaired) electrons. The van der Waals surface area contributed by atoms with Crippen molar-refractivity contribution >= 4 is 6.09 Å². The van der Waals surface area contributed by atoms with Crippen LogP contribution in [-0.2, 0) is 11.3 Å². The van der Waals surface area contributed by atoms with Gasteiger partial charge in [-0.1, -0.05) is 17.7 Å². The number of alkyl carbamates (subject to hydrolysis) is 1. The molecule has 118 valence electrons. The van der Waals surface area contributed by atoms with Gasteiger partial charge in [-0.3, -0.25) is 0 Å². The molecule has 1 aromatic rings. The summed E-state index contributed by atoms with van der Waals surface area (Å²) in [7, 11) is 0. The number of hydrogen-bond donors (Lipinski definition) is 2. The quantitative estimate of drug-likeness (QED) is 0.804. The number of benzene rings is 1. The zero-order valence-electron chi connectivity index (χ0n) is 14.0. The van der Waals surface area contributed by atoms with Crippen molar-refractivity contribution in [1.29, 1.82) is 0 Å². The van der Waals surface area contributed by atoms with Gasteiger partial charge in [0, 0.05) is 6.54 Å². The van der Waals surface area contributed by atoms with Crippen LogP contribution in [0.5, 0.6) is 0 Å². The first kappa shape index (κ1) is 17.5. The van der Waals surface area contributed by atoms with Crippen molar-refractivity contribution in [2.75, 3.05) is 26.2 Å². The average molecular weight is 293 g/mol. The maximum absolute atomic E-state index is 11.7. The molecule has 0 bridgehead atoms. The van der Waals surface area contributed by atoms with Gasteiger partial charge in [0.1, 0.15) is 13.2 Å². The molecule has 0 fully saturated rings. The molecule has 0 atom stereocenters. The standard InChI is InChI=1S/C17H28N2O2/c1-6-19(7-2)8-9-21-17(20)18-12-16-14(4)10-13(3)11-15(16)5/h10-11H,6-9,12H2,1-5H3,(H,18,20)/p+1. The number of quaternary nitrogens is 1. The Balaban J connectivity index is 2.40. The fourth-order valence-electron chi connectivity index (χ4n) is 2.59. The zero-order valence-corrected chi connectivity index (χ0v) is 14.0. The van der Waals surface area contributed by atoms with Gasteiger partial charge >= 0.3 is 6.09 Å². The van der Waals surface area contributed by atoms with Crippen LogP contribution in [0.1, 0.15) is 36.1 Å². The Morgan fingerprint density at radius 2 is 1.71 bits per heavy atom. The van der Waals surface area contributed by atoms with Gasteiger partial charge in [0.05, 0.1) is 13.1 Å². The summed E-state index contributed by atoms with van der Waals surface area (Å²) in [6.45, 7) is 14.5. The lowest BCUT2D eigenvalue weighted by Gasteiger charge is -2.16. The van der Waals surface area contributed by atoms with Crippen molar-refractivity contribution < 1.29 is 14.4 Å². The van der Waals surface area contributed by atoms with E-state index in [2.05, 4.69) is 52.1 Å². The van der Waals surface area contributed by atoms with Gasteiger partial charge in [-0.25, -0.2) is 4.79 Å². The van der Waals surface area contributed by atoms with Crippen LogP contribution in [0.15, 0.2) is 12.1 Å². The molecule has 21 heavy (non-hydrogen) atoms. The summed E-state index contributed by atoms with van der Waals surface area (Å²) >= 11 is 0. The first-order valence-electron chi connectivity index (χ1n) is 7.78. The van der Waals surface area contributed by atoms with E-state index < -0.39 is 0 Å². The first-order chi connectivity index (χ1) is 9.97. The molecule has 0 aliphatic carbocycles. The van der Waals surface area contributed by atoms with E-state index in [0.717, 1.165) is 19.6 Å². The minimum Gasteiger partial charge on any atom is -0.444 e. The highest BCUT2D eigenvalue weighted by atomic mass is 16.5. The molecule has 0 aliphatic rings. The van der Waals surface area contributed by atoms with Crippen molar-refractivity contribution in [3.8, 4) is 0 Å². The second-order valence-corrected chi connectivity index (χ2v) is 5.57. The smallest absolute Gasteiger partial charge is 0.407 e. The van der Waals surface area contributed by atoms with E-state index >= 15 is 0 Å². The molecular weight excluding hydrogens is 264 g/mol. The van der Waals surface area contributed by atoms with Crippen LogP contribution in [-0.4, -0.2) is 32.3 Å². The molecule has 4 nitrogen and oxygen atoms in total. The molecule has 0 spiro atoms. The van der Waals surface area contributed by atoms with Gasteiger partial charge in [-0.15, -0.1) is 0 Å². The van der Waals surface area contributed by atoms with Crippen molar-refractivity contribution in [2.45, 2.75) is 41.2 Å². The minimum atomic E-state index is -0.332. The van der Waals surface area contributed by atoms with E-state index in [1.807, 2.05) is 0 Å². The molecule has 4 heteroatoms. The van der Waals surface area contributed by atoms with Gasteiger partial charge < -0.3 is 15.0 Å². The molecule has 0 saturated carbocycles. The van der Waals surface area contributed by atoms with Crippen LogP contribution in [0.4, 0.5) is 4.79 Å². The molecule has 0 heterocycles. The van der Waals surface area contributed by atoms with Crippen molar-refractivity contribution in [1.82, 2.24) is 5.32 Å². The molecule has 0 aromatic heterocycles. The number of rotatable bonds is 7. The van der Waals surface area contributed by atoms with Crippen LogP contribution < -0.4 is 10.2 Å². The molecular formula is C17H29N2O2+. The van der Waals surface area contributed by atoms with Crippen LogP contribution >= 0.6 is 0 Å². The monoisotopic (exact) mass is 293 g/mol. The summed E-state index contributed by atoms with van der Waals surface area (Å²) in [5.41, 5.74) is 4.84. The molecule has 1 rings (SSSR count). The SMILES string of the molecule is CC[NH+](CC)CCOC(=O)NCc1c(C)cc(C)cc1C. The third-order valence-electron chi connectivity index (χ3n) is 3.94. The normalized spacial score (nSPS) is 10.8. The van der Waals surface area contributed by atoms with Gasteiger partial charge in [-0.2, -0.15) is 0 Å². The number of ether oxygens (including phenoxy) is 1. The molecule has 1 aromatic carbocycles. The Labute approximate surface area is 128 Å². The Bertz CT molecular complexity index is 445. The first-order valence-corrected chi connectivity index (χ1v) is 7.78. The maximum atomic E-state index is 11.7. The number of carbonyl (C=O) groups is 1. The zero-order chi connectivity index (χ0) is 15.8. The molecule has 2 N–H and O–H groups in total. The van der Waals surface area contributed by atoms with E-state index in [1.54, 1.807) is 0 Å². The predicted molar refractivity (Wildman–Crippen MR) is 85.8 cm³/mol. The Kier molecular flexibility index (Phi) is 7.23. The van der Waals surface area contributed by atoms with E-state index in [0.29, 0.717) is 13.2 Å². The summed E-state index contributed by atoms with van der Waals surface area (Å²) in [5.74, 6) is 0. The second kappa shape index (κ2) is 8.67. The Hall–Kier alpha value is -1.55. The van der Waals surface area contributed by atoms with Crippen LogP contribution in [0.3, 0.4) is 0 Å². The molecule has 1 amide bonds. The highest BCUT2D eigenvalue weighted by Gasteiger charge is 2.08. The second-order valence-electron chi connectivity index (χ2n) is 5.57. The third-order valence-corrected chi connectivity index (χ3v) is 3.94. The van der Waals surface area contributed by atoms with Gasteiger partial charge in [0.2, 0.25) is 0 Å². The largest absolute Gasteiger partial charge is 0.444 e. The summed E-state index contributed by atoms with van der Waals surface area (Å²) in [6.07, 6.45) is -0.332. The summed E-state index contributed by atoms with van der Waals surface area (Å²) < 4.78 is 5.23. The number of nitrogens with one attached hydrogen (secondary N) is 2. The summed E-state index contributed by atoms with van der Waals surface area (Å²) in [4.78, 5) is 13.2. The van der Waals surface area contributed by atoms with E-state index in [1.165, 1.54) is 27.2 Å². The number of aryl methyl sites for hydroxylation is 3. The van der Waals surface area contributed by atoms with E-state index in [4.69, 9.17) is 4.74 Å². The minimum absolute atomic E-state index is 0.332. The van der Waals surface area contributed by atoms with E-state index in [9.17, 15) is 4.79 Å². The van der Waals surface area contributed by atoms with Gasteiger partial charge in [0.15, 0.2) is 0 Å². The molecule has 0 unspecified atom stereocenters. The highest BCUT2D eigenvalue weighted by molar-refractivity contribution is 5.67. The van der Waals surface area contributed by atoms with E-state index in [-0.39, 0.29) is 6.09 Å². The lowest BCUT2D eigenvalue weighted by atomic mass is 10.00. The van der Waals surface area contributed by atoms with Crippen LogP contribution in [0, 0.1) is 20.8 Å². The van der Waals surface area contributed by atoms with Crippen molar-refractivity contribution in [3.05, 3.63) is 34.4 Å². The molecule has 0 aliphatic heterocycles. The molecule has 0 saturated heterocycles. The Morgan fingerprint density at radius 3 is 2.24 bits per heavy atom. The number of likely N-dealkylation sites (N-methyl/N-ethyl adjacent to an activating group) is 1. The lowest BCUT2D eigenvalue weighted by Crippen LogP contribution is -3.11. The highest BCUT2D eigenvalue weighted by Crippen LogP contribution is 2.15. The van der Waals surface area contributed by atoms with Crippen molar-refractivity contribution in [2.24, 2.45) is 0 Å². The van der Waals surface area contributed by atoms with Gasteiger partial charge in [0.25, 0.3) is 0 Å².